The molecule has 0 fully saturated rings. The third kappa shape index (κ3) is 4.92. The molecule has 18 heavy (non-hydrogen) atoms. The summed E-state index contributed by atoms with van der Waals surface area (Å²) in [5.41, 5.74) is -1.00. The summed E-state index contributed by atoms with van der Waals surface area (Å²) in [5, 5.41) is 10.5. The molecular formula is C12H15NO5. The SMILES string of the molecule is [2H]C([2H])(C(=O)OOC(C)(C)C)c1ccc([N+](=O)[O-])cc1. The second kappa shape index (κ2) is 5.59. The van der Waals surface area contributed by atoms with Crippen molar-refractivity contribution in [2.45, 2.75) is 32.7 Å². The molecule has 1 rings (SSSR count). The van der Waals surface area contributed by atoms with Gasteiger partial charge in [-0.05, 0) is 26.3 Å². The highest BCUT2D eigenvalue weighted by Crippen LogP contribution is 2.13. The average Bonchev–Trinajstić information content (AvgIpc) is 2.35. The molecule has 98 valence electrons. The van der Waals surface area contributed by atoms with Crippen molar-refractivity contribution in [3.63, 3.8) is 0 Å². The van der Waals surface area contributed by atoms with Gasteiger partial charge in [0.1, 0.15) is 5.60 Å². The topological polar surface area (TPSA) is 78.7 Å². The maximum Gasteiger partial charge on any atom is 0.346 e. The molecule has 0 saturated heterocycles. The van der Waals surface area contributed by atoms with E-state index < -0.39 is 22.9 Å². The standard InChI is InChI=1S/C12H15NO5/c1-12(2,3)18-17-11(14)8-9-4-6-10(7-5-9)13(15)16/h4-7H,8H2,1-3H3/i8D2. The van der Waals surface area contributed by atoms with Gasteiger partial charge in [-0.2, -0.15) is 4.89 Å². The fourth-order valence-electron chi connectivity index (χ4n) is 0.968. The van der Waals surface area contributed by atoms with Gasteiger partial charge in [0.25, 0.3) is 5.69 Å². The van der Waals surface area contributed by atoms with E-state index >= 15 is 0 Å². The van der Waals surface area contributed by atoms with Crippen molar-refractivity contribution in [1.82, 2.24) is 0 Å². The number of nitro benzene ring substituents is 1. The summed E-state index contributed by atoms with van der Waals surface area (Å²) in [5.74, 6) is -1.22. The Morgan fingerprint density at radius 2 is 1.94 bits per heavy atom. The number of carbonyl (C=O) groups is 1. The first-order chi connectivity index (χ1) is 9.04. The van der Waals surface area contributed by atoms with Crippen LogP contribution in [0.2, 0.25) is 0 Å². The van der Waals surface area contributed by atoms with Crippen LogP contribution in [0.3, 0.4) is 0 Å². The van der Waals surface area contributed by atoms with E-state index in [2.05, 4.69) is 4.89 Å². The molecule has 1 aromatic rings. The highest BCUT2D eigenvalue weighted by molar-refractivity contribution is 5.72. The second-order valence-electron chi connectivity index (χ2n) is 4.50. The Labute approximate surface area is 107 Å². The minimum Gasteiger partial charge on any atom is -0.297 e. The van der Waals surface area contributed by atoms with Crippen LogP contribution in [-0.4, -0.2) is 16.5 Å². The number of non-ortho nitro benzene ring substituents is 1. The molecule has 6 heteroatoms. The van der Waals surface area contributed by atoms with E-state index in [0.29, 0.717) is 0 Å². The summed E-state index contributed by atoms with van der Waals surface area (Å²) in [6.07, 6.45) is -2.46. The van der Waals surface area contributed by atoms with Gasteiger partial charge < -0.3 is 0 Å². The van der Waals surface area contributed by atoms with E-state index in [1.807, 2.05) is 0 Å². The number of rotatable bonds is 4. The van der Waals surface area contributed by atoms with Crippen LogP contribution in [-0.2, 0) is 20.9 Å². The van der Waals surface area contributed by atoms with Crippen LogP contribution in [0.15, 0.2) is 24.3 Å². The van der Waals surface area contributed by atoms with Crippen LogP contribution < -0.4 is 0 Å². The predicted molar refractivity (Wildman–Crippen MR) is 63.7 cm³/mol. The Kier molecular flexibility index (Phi) is 3.47. The molecule has 0 amide bonds. The van der Waals surface area contributed by atoms with Crippen molar-refractivity contribution in [2.24, 2.45) is 0 Å². The zero-order valence-corrected chi connectivity index (χ0v) is 10.3. The lowest BCUT2D eigenvalue weighted by Gasteiger charge is -2.16. The first kappa shape index (κ1) is 11.2. The Bertz CT molecular complexity index is 508. The molecule has 0 bridgehead atoms. The van der Waals surface area contributed by atoms with Crippen LogP contribution in [0, 0.1) is 10.1 Å². The Hall–Kier alpha value is -1.95. The van der Waals surface area contributed by atoms with E-state index in [-0.39, 0.29) is 11.3 Å². The van der Waals surface area contributed by atoms with Crippen molar-refractivity contribution >= 4 is 11.7 Å². The van der Waals surface area contributed by atoms with Gasteiger partial charge in [-0.25, -0.2) is 4.79 Å². The molecule has 1 aromatic carbocycles. The van der Waals surface area contributed by atoms with Gasteiger partial charge in [0.15, 0.2) is 0 Å². The maximum atomic E-state index is 11.7. The molecule has 0 N–H and O–H groups in total. The highest BCUT2D eigenvalue weighted by Gasteiger charge is 2.15. The number of nitrogens with zero attached hydrogens (tertiary/aromatic N) is 1. The zero-order valence-electron chi connectivity index (χ0n) is 12.3. The van der Waals surface area contributed by atoms with E-state index in [9.17, 15) is 14.9 Å². The number of nitro groups is 1. The van der Waals surface area contributed by atoms with Crippen LogP contribution >= 0.6 is 0 Å². The van der Waals surface area contributed by atoms with E-state index in [1.165, 1.54) is 0 Å². The zero-order chi connectivity index (χ0) is 15.6. The van der Waals surface area contributed by atoms with Crippen molar-refractivity contribution in [1.29, 1.82) is 0 Å². The molecule has 0 aromatic heterocycles. The van der Waals surface area contributed by atoms with Gasteiger partial charge in [-0.1, -0.05) is 12.1 Å². The summed E-state index contributed by atoms with van der Waals surface area (Å²) >= 11 is 0. The Morgan fingerprint density at radius 3 is 2.39 bits per heavy atom. The molecular weight excluding hydrogens is 238 g/mol. The Balaban J connectivity index is 2.86. The fourth-order valence-corrected chi connectivity index (χ4v) is 0.968. The summed E-state index contributed by atoms with van der Waals surface area (Å²) in [6, 6.07) is 4.56. The maximum absolute atomic E-state index is 11.7. The molecule has 0 atom stereocenters. The van der Waals surface area contributed by atoms with Gasteiger partial charge in [0, 0.05) is 14.9 Å². The quantitative estimate of drug-likeness (QED) is 0.469. The van der Waals surface area contributed by atoms with Gasteiger partial charge in [-0.15, -0.1) is 0 Å². The monoisotopic (exact) mass is 255 g/mol. The highest BCUT2D eigenvalue weighted by atomic mass is 17.2. The van der Waals surface area contributed by atoms with Crippen LogP contribution in [0.5, 0.6) is 0 Å². The molecule has 0 heterocycles. The molecule has 0 aliphatic carbocycles. The summed E-state index contributed by atoms with van der Waals surface area (Å²) < 4.78 is 15.4. The largest absolute Gasteiger partial charge is 0.346 e. The normalized spacial score (nSPS) is 13.5. The summed E-state index contributed by atoms with van der Waals surface area (Å²) in [6.45, 7) is 4.92. The van der Waals surface area contributed by atoms with E-state index in [1.54, 1.807) is 20.8 Å². The smallest absolute Gasteiger partial charge is 0.297 e. The molecule has 0 spiro atoms. The Morgan fingerprint density at radius 1 is 1.39 bits per heavy atom. The minimum absolute atomic E-state index is 0.0504. The van der Waals surface area contributed by atoms with Gasteiger partial charge >= 0.3 is 5.97 Å². The fraction of sp³-hybridized carbons (Fsp3) is 0.417. The molecule has 0 unspecified atom stereocenters. The lowest BCUT2D eigenvalue weighted by molar-refractivity contribution is -0.384. The lowest BCUT2D eigenvalue weighted by Crippen LogP contribution is -2.22. The minimum atomic E-state index is -2.46. The van der Waals surface area contributed by atoms with Crippen LogP contribution in [0.1, 0.15) is 29.1 Å². The van der Waals surface area contributed by atoms with Gasteiger partial charge in [0.05, 0.1) is 11.3 Å². The number of carbonyl (C=O) groups excluding carboxylic acids is 1. The number of hydrogen-bond acceptors (Lipinski definition) is 5. The third-order valence-electron chi connectivity index (χ3n) is 1.69. The third-order valence-corrected chi connectivity index (χ3v) is 1.69. The lowest BCUT2D eigenvalue weighted by atomic mass is 10.1. The van der Waals surface area contributed by atoms with Gasteiger partial charge in [0.2, 0.25) is 0 Å². The van der Waals surface area contributed by atoms with Crippen LogP contribution in [0.4, 0.5) is 5.69 Å². The summed E-state index contributed by atoms with van der Waals surface area (Å²) in [4.78, 5) is 30.8. The number of hydrogen-bond donors (Lipinski definition) is 0. The van der Waals surface area contributed by atoms with Crippen molar-refractivity contribution in [2.75, 3.05) is 0 Å². The molecule has 0 radical (unpaired) electrons. The average molecular weight is 255 g/mol. The molecule has 0 saturated carbocycles. The van der Waals surface area contributed by atoms with Crippen molar-refractivity contribution < 1.29 is 22.2 Å². The second-order valence-corrected chi connectivity index (χ2v) is 4.50. The van der Waals surface area contributed by atoms with Gasteiger partial charge in [-0.3, -0.25) is 15.0 Å². The van der Waals surface area contributed by atoms with E-state index in [0.717, 1.165) is 24.3 Å². The number of benzene rings is 1. The molecule has 6 nitrogen and oxygen atoms in total. The van der Waals surface area contributed by atoms with E-state index in [4.69, 9.17) is 7.63 Å². The first-order valence-electron chi connectivity index (χ1n) is 6.19. The first-order valence-corrected chi connectivity index (χ1v) is 5.19. The molecule has 0 aliphatic heterocycles. The molecule has 0 aliphatic rings. The van der Waals surface area contributed by atoms with Crippen LogP contribution in [0.25, 0.3) is 0 Å². The summed E-state index contributed by atoms with van der Waals surface area (Å²) in [7, 11) is 0. The van der Waals surface area contributed by atoms with Crippen molar-refractivity contribution in [3.8, 4) is 0 Å². The predicted octanol–water partition coefficient (Wildman–Crippen LogP) is 2.41. The van der Waals surface area contributed by atoms with Crippen molar-refractivity contribution in [3.05, 3.63) is 39.9 Å².